The molecule has 6 nitrogen and oxygen atoms in total. The monoisotopic (exact) mass is 474 g/mol. The zero-order valence-electron chi connectivity index (χ0n) is 17.8. The molecule has 0 atom stereocenters. The third-order valence-electron chi connectivity index (χ3n) is 4.64. The van der Waals surface area contributed by atoms with Crippen LogP contribution in [0.25, 0.3) is 11.0 Å². The van der Waals surface area contributed by atoms with Crippen molar-refractivity contribution in [3.05, 3.63) is 47.3 Å². The minimum atomic E-state index is -4.74. The predicted octanol–water partition coefficient (Wildman–Crippen LogP) is 5.20. The molecule has 12 heteroatoms. The zero-order valence-corrected chi connectivity index (χ0v) is 18.8. The second kappa shape index (κ2) is 9.02. The van der Waals surface area contributed by atoms with Gasteiger partial charge in [0.25, 0.3) is 0 Å². The lowest BCUT2D eigenvalue weighted by Gasteiger charge is -2.15. The molecule has 0 radical (unpaired) electrons. The van der Waals surface area contributed by atoms with Crippen LogP contribution in [-0.2, 0) is 24.3 Å². The predicted molar refractivity (Wildman–Crippen MR) is 112 cm³/mol. The summed E-state index contributed by atoms with van der Waals surface area (Å²) in [6.07, 6.45) is -3.58. The van der Waals surface area contributed by atoms with Gasteiger partial charge in [-0.3, -0.25) is 0 Å². The Morgan fingerprint density at radius 2 is 1.88 bits per heavy atom. The molecule has 3 rings (SSSR count). The van der Waals surface area contributed by atoms with Crippen molar-refractivity contribution in [3.8, 4) is 5.75 Å². The molecule has 0 amide bonds. The van der Waals surface area contributed by atoms with Crippen molar-refractivity contribution in [2.75, 3.05) is 12.3 Å². The van der Waals surface area contributed by atoms with Gasteiger partial charge >= 0.3 is 6.18 Å². The number of aromatic nitrogens is 3. The summed E-state index contributed by atoms with van der Waals surface area (Å²) >= 11 is 0. The van der Waals surface area contributed by atoms with Crippen molar-refractivity contribution in [1.29, 1.82) is 0 Å². The van der Waals surface area contributed by atoms with Gasteiger partial charge in [-0.15, -0.1) is 0 Å². The molecule has 2 N–H and O–H groups in total. The molecular weight excluding hydrogens is 451 g/mol. The number of nitrogens with two attached hydrogens (primary N) is 1. The van der Waals surface area contributed by atoms with Gasteiger partial charge in [0, 0.05) is 14.7 Å². The number of hydrogen-bond acceptors (Lipinski definition) is 5. The highest BCUT2D eigenvalue weighted by Gasteiger charge is 2.37. The first-order valence-electron chi connectivity index (χ1n) is 9.73. The van der Waals surface area contributed by atoms with E-state index in [0.29, 0.717) is 6.61 Å². The van der Waals surface area contributed by atoms with E-state index in [-0.39, 0.29) is 29.2 Å². The van der Waals surface area contributed by atoms with E-state index in [1.165, 1.54) is 0 Å². The minimum Gasteiger partial charge on any atom is -0.487 e. The number of ether oxygens (including phenoxy) is 2. The van der Waals surface area contributed by atoms with Crippen LogP contribution in [-0.4, -0.2) is 29.4 Å². The third-order valence-corrected chi connectivity index (χ3v) is 6.34. The third kappa shape index (κ3) is 5.54. The van der Waals surface area contributed by atoms with Gasteiger partial charge in [-0.1, -0.05) is 19.6 Å². The van der Waals surface area contributed by atoms with Crippen LogP contribution < -0.4 is 10.5 Å². The Morgan fingerprint density at radius 1 is 1.16 bits per heavy atom. The molecule has 0 aliphatic heterocycles. The van der Waals surface area contributed by atoms with Crippen LogP contribution in [0.2, 0.25) is 25.7 Å². The highest BCUT2D eigenvalue weighted by atomic mass is 28.3. The summed E-state index contributed by atoms with van der Waals surface area (Å²) in [7, 11) is -1.36. The van der Waals surface area contributed by atoms with E-state index in [1.54, 1.807) is 0 Å². The van der Waals surface area contributed by atoms with Gasteiger partial charge in [-0.25, -0.2) is 18.4 Å². The molecule has 0 bridgehead atoms. The number of fused-ring (bicyclic) bond motifs is 1. The Labute approximate surface area is 182 Å². The second-order valence-electron chi connectivity index (χ2n) is 8.45. The van der Waals surface area contributed by atoms with E-state index < -0.39 is 43.7 Å². The number of benzene rings is 1. The highest BCUT2D eigenvalue weighted by molar-refractivity contribution is 6.76. The quantitative estimate of drug-likeness (QED) is 0.210. The highest BCUT2D eigenvalue weighted by Crippen LogP contribution is 2.35. The Hall–Kier alpha value is -2.73. The maximum Gasteiger partial charge on any atom is 0.435 e. The second-order valence-corrected chi connectivity index (χ2v) is 14.1. The van der Waals surface area contributed by atoms with Gasteiger partial charge in [-0.2, -0.15) is 18.3 Å². The molecular formula is C20H23F5N4O2Si. The minimum absolute atomic E-state index is 0.0426. The van der Waals surface area contributed by atoms with Gasteiger partial charge in [0.2, 0.25) is 0 Å². The van der Waals surface area contributed by atoms with Gasteiger partial charge in [0.05, 0.1) is 22.8 Å². The van der Waals surface area contributed by atoms with Gasteiger partial charge in [-0.05, 0) is 24.2 Å². The lowest BCUT2D eigenvalue weighted by Crippen LogP contribution is -2.22. The SMILES string of the molecule is C[Si](C)(C)CCOCn1nc(C(F)(F)F)c2cc(OCc3c(F)ccc(N)c3F)cnc21. The van der Waals surface area contributed by atoms with Crippen molar-refractivity contribution < 1.29 is 31.4 Å². The lowest BCUT2D eigenvalue weighted by atomic mass is 10.2. The van der Waals surface area contributed by atoms with Crippen LogP contribution in [0.3, 0.4) is 0 Å². The largest absolute Gasteiger partial charge is 0.487 e. The fourth-order valence-electron chi connectivity index (χ4n) is 2.85. The van der Waals surface area contributed by atoms with E-state index in [1.807, 2.05) is 0 Å². The smallest absolute Gasteiger partial charge is 0.435 e. The fraction of sp³-hybridized carbons (Fsp3) is 0.400. The molecule has 1 aromatic carbocycles. The molecule has 2 heterocycles. The first-order chi connectivity index (χ1) is 14.9. The summed E-state index contributed by atoms with van der Waals surface area (Å²) in [4.78, 5) is 4.01. The summed E-state index contributed by atoms with van der Waals surface area (Å²) in [5.74, 6) is -1.98. The molecule has 2 aromatic heterocycles. The fourth-order valence-corrected chi connectivity index (χ4v) is 3.61. The standard InChI is InChI=1S/C20H23F5N4O2Si/c1-32(2,3)7-6-30-11-29-19-13(18(28-29)20(23,24)25)8-12(9-27-19)31-10-14-15(21)4-5-16(26)17(14)22/h4-5,8-9H,6-7,10-11,26H2,1-3H3. The number of nitrogen functional groups attached to an aromatic ring is 1. The Balaban J connectivity index is 1.84. The summed E-state index contributed by atoms with van der Waals surface area (Å²) in [6.45, 7) is 6.11. The number of alkyl halides is 3. The average molecular weight is 475 g/mol. The van der Waals surface area contributed by atoms with Crippen molar-refractivity contribution >= 4 is 24.8 Å². The first kappa shape index (κ1) is 23.9. The van der Waals surface area contributed by atoms with Crippen LogP contribution >= 0.6 is 0 Å². The summed E-state index contributed by atoms with van der Waals surface area (Å²) in [5.41, 5.74) is 3.52. The maximum atomic E-state index is 14.0. The maximum absolute atomic E-state index is 14.0. The molecule has 3 aromatic rings. The Bertz CT molecular complexity index is 1110. The summed E-state index contributed by atoms with van der Waals surface area (Å²) in [6, 6.07) is 3.98. The normalized spacial score (nSPS) is 12.5. The van der Waals surface area contributed by atoms with E-state index >= 15 is 0 Å². The number of anilines is 1. The first-order valence-corrected chi connectivity index (χ1v) is 13.4. The van der Waals surface area contributed by atoms with Gasteiger partial charge in [0.1, 0.15) is 24.9 Å². The number of halogens is 5. The molecule has 0 unspecified atom stereocenters. The van der Waals surface area contributed by atoms with Crippen molar-refractivity contribution in [2.45, 2.75) is 45.2 Å². The molecule has 32 heavy (non-hydrogen) atoms. The number of nitrogens with zero attached hydrogens (tertiary/aromatic N) is 3. The molecule has 0 spiro atoms. The lowest BCUT2D eigenvalue weighted by molar-refractivity contribution is -0.140. The van der Waals surface area contributed by atoms with Gasteiger partial charge < -0.3 is 15.2 Å². The van der Waals surface area contributed by atoms with Crippen molar-refractivity contribution in [1.82, 2.24) is 14.8 Å². The molecule has 0 fully saturated rings. The van der Waals surface area contributed by atoms with Crippen molar-refractivity contribution in [2.24, 2.45) is 0 Å². The molecule has 174 valence electrons. The molecule has 0 saturated heterocycles. The van der Waals surface area contributed by atoms with Crippen LogP contribution in [0.5, 0.6) is 5.75 Å². The number of hydrogen-bond donors (Lipinski definition) is 1. The molecule has 0 aliphatic carbocycles. The van der Waals surface area contributed by atoms with E-state index in [9.17, 15) is 22.0 Å². The number of rotatable bonds is 8. The van der Waals surface area contributed by atoms with Crippen LogP contribution in [0.15, 0.2) is 24.4 Å². The molecule has 0 aliphatic rings. The topological polar surface area (TPSA) is 75.2 Å². The Morgan fingerprint density at radius 3 is 2.53 bits per heavy atom. The number of pyridine rings is 1. The van der Waals surface area contributed by atoms with Crippen LogP contribution in [0.1, 0.15) is 11.3 Å². The average Bonchev–Trinajstić information content (AvgIpc) is 3.06. The van der Waals surface area contributed by atoms with Crippen LogP contribution in [0, 0.1) is 11.6 Å². The van der Waals surface area contributed by atoms with E-state index in [2.05, 4.69) is 29.7 Å². The molecule has 0 saturated carbocycles. The van der Waals surface area contributed by atoms with Crippen LogP contribution in [0.4, 0.5) is 27.6 Å². The summed E-state index contributed by atoms with van der Waals surface area (Å²) in [5, 5.41) is 3.31. The zero-order chi connectivity index (χ0) is 23.7. The summed E-state index contributed by atoms with van der Waals surface area (Å²) < 4.78 is 80.3. The van der Waals surface area contributed by atoms with Crippen molar-refractivity contribution in [3.63, 3.8) is 0 Å². The Kier molecular flexibility index (Phi) is 6.74. The van der Waals surface area contributed by atoms with E-state index in [0.717, 1.165) is 35.1 Å². The van der Waals surface area contributed by atoms with Gasteiger partial charge in [0.15, 0.2) is 17.2 Å². The van der Waals surface area contributed by atoms with E-state index in [4.69, 9.17) is 15.2 Å².